The second kappa shape index (κ2) is 7.43. The van der Waals surface area contributed by atoms with Crippen LogP contribution in [0, 0.1) is 0 Å². The van der Waals surface area contributed by atoms with E-state index in [-0.39, 0.29) is 0 Å². The van der Waals surface area contributed by atoms with Crippen LogP contribution in [0.3, 0.4) is 0 Å². The zero-order valence-electron chi connectivity index (χ0n) is 9.60. The van der Waals surface area contributed by atoms with Crippen LogP contribution in [0.4, 0.5) is 0 Å². The Kier molecular flexibility index (Phi) is 7.45. The summed E-state index contributed by atoms with van der Waals surface area (Å²) in [5.74, 6) is 0. The number of rotatable bonds is 8. The van der Waals surface area contributed by atoms with Crippen LogP contribution in [0.5, 0.6) is 0 Å². The van der Waals surface area contributed by atoms with Gasteiger partial charge in [0.25, 0.3) is 0 Å². The average molecular weight is 184 g/mol. The topological polar surface area (TPSA) is 20.2 Å². The zero-order chi connectivity index (χ0) is 10.2. The molecule has 0 aromatic heterocycles. The van der Waals surface area contributed by atoms with Gasteiger partial charge in [-0.3, -0.25) is 0 Å². The van der Waals surface area contributed by atoms with Gasteiger partial charge in [-0.25, -0.2) is 0 Å². The number of unbranched alkanes of at least 4 members (excludes halogenated alkanes) is 4. The van der Waals surface area contributed by atoms with Crippen LogP contribution in [-0.2, 0) is 0 Å². The molecule has 1 N–H and O–H groups in total. The van der Waals surface area contributed by atoms with E-state index in [0.717, 1.165) is 12.8 Å². The van der Waals surface area contributed by atoms with E-state index < -0.39 is 5.50 Å². The normalized spacial score (nSPS) is 11.9. The van der Waals surface area contributed by atoms with Crippen molar-refractivity contribution < 1.29 is 5.11 Å². The van der Waals surface area contributed by atoms with Crippen molar-refractivity contribution in [2.45, 2.75) is 70.7 Å². The molecule has 78 valence electrons. The molecule has 0 saturated heterocycles. The van der Waals surface area contributed by atoms with Crippen molar-refractivity contribution in [2.75, 3.05) is 0 Å². The van der Waals surface area contributed by atoms with E-state index in [0.29, 0.717) is 0 Å². The summed E-state index contributed by atoms with van der Waals surface area (Å²) in [6.07, 6.45) is 9.30. The molecule has 0 aliphatic rings. The summed E-state index contributed by atoms with van der Waals surface area (Å²) in [6.45, 7) is 4.40. The van der Waals surface area contributed by atoms with Crippen LogP contribution in [0.15, 0.2) is 0 Å². The number of hydrogen-bond donors (Lipinski definition) is 1. The van der Waals surface area contributed by atoms with Crippen LogP contribution in [-0.4, -0.2) is 18.5 Å². The van der Waals surface area contributed by atoms with Crippen LogP contribution >= 0.6 is 0 Å². The summed E-state index contributed by atoms with van der Waals surface area (Å²) in [5, 5.41) is 9.97. The summed E-state index contributed by atoms with van der Waals surface area (Å²) in [4.78, 5) is 0. The summed E-state index contributed by atoms with van der Waals surface area (Å²) < 4.78 is 0. The maximum Gasteiger partial charge on any atom is 0.142 e. The molecule has 13 heavy (non-hydrogen) atoms. The van der Waals surface area contributed by atoms with Gasteiger partial charge in [0.05, 0.1) is 0 Å². The number of hydrogen-bond acceptors (Lipinski definition) is 1. The molecule has 0 amide bonds. The van der Waals surface area contributed by atoms with E-state index in [1.165, 1.54) is 38.5 Å². The molecule has 2 heteroatoms. The van der Waals surface area contributed by atoms with Gasteiger partial charge < -0.3 is 5.11 Å². The Morgan fingerprint density at radius 1 is 0.923 bits per heavy atom. The molecule has 0 aliphatic heterocycles. The maximum absolute atomic E-state index is 9.97. The molecule has 0 bridgehead atoms. The Morgan fingerprint density at radius 3 is 1.62 bits per heavy atom. The van der Waals surface area contributed by atoms with Crippen LogP contribution in [0.2, 0.25) is 0 Å². The van der Waals surface area contributed by atoms with Gasteiger partial charge in [0, 0.05) is 5.50 Å². The fourth-order valence-corrected chi connectivity index (χ4v) is 1.64. The minimum Gasteiger partial charge on any atom is -0.399 e. The SMILES string of the molecule is BC(O)(CCCCC)CCCCC. The molecule has 0 aliphatic carbocycles. The highest BCUT2D eigenvalue weighted by Crippen LogP contribution is 2.18. The first-order valence-electron chi connectivity index (χ1n) is 5.84. The minimum absolute atomic E-state index is 0.398. The van der Waals surface area contributed by atoms with Gasteiger partial charge in [0.2, 0.25) is 0 Å². The van der Waals surface area contributed by atoms with E-state index in [9.17, 15) is 5.11 Å². The maximum atomic E-state index is 9.97. The van der Waals surface area contributed by atoms with E-state index in [2.05, 4.69) is 13.8 Å². The third kappa shape index (κ3) is 8.36. The second-order valence-corrected chi connectivity index (χ2v) is 4.41. The largest absolute Gasteiger partial charge is 0.399 e. The molecule has 0 radical (unpaired) electrons. The molecule has 0 spiro atoms. The minimum atomic E-state index is -0.398. The quantitative estimate of drug-likeness (QED) is 0.453. The monoisotopic (exact) mass is 184 g/mol. The lowest BCUT2D eigenvalue weighted by Crippen LogP contribution is -2.28. The van der Waals surface area contributed by atoms with Crippen LogP contribution in [0.1, 0.15) is 65.2 Å². The molecule has 0 heterocycles. The highest BCUT2D eigenvalue weighted by Gasteiger charge is 2.18. The second-order valence-electron chi connectivity index (χ2n) is 4.41. The van der Waals surface area contributed by atoms with Crippen molar-refractivity contribution in [1.29, 1.82) is 0 Å². The Morgan fingerprint density at radius 2 is 1.31 bits per heavy atom. The molecule has 0 fully saturated rings. The van der Waals surface area contributed by atoms with E-state index in [4.69, 9.17) is 0 Å². The molecule has 0 aromatic rings. The molecule has 0 rings (SSSR count). The Hall–Kier alpha value is 0.0249. The van der Waals surface area contributed by atoms with E-state index in [1.807, 2.05) is 7.85 Å². The lowest BCUT2D eigenvalue weighted by Gasteiger charge is -2.23. The third-order valence-corrected chi connectivity index (χ3v) is 2.64. The van der Waals surface area contributed by atoms with Gasteiger partial charge in [0.15, 0.2) is 0 Å². The lowest BCUT2D eigenvalue weighted by atomic mass is 9.74. The van der Waals surface area contributed by atoms with E-state index >= 15 is 0 Å². The Labute approximate surface area is 84.3 Å². The molecular weight excluding hydrogens is 159 g/mol. The van der Waals surface area contributed by atoms with Crippen molar-refractivity contribution in [3.8, 4) is 0 Å². The summed E-state index contributed by atoms with van der Waals surface area (Å²) >= 11 is 0. The first-order chi connectivity index (χ1) is 6.12. The molecule has 0 unspecified atom stereocenters. The van der Waals surface area contributed by atoms with Crippen molar-refractivity contribution in [1.82, 2.24) is 0 Å². The first kappa shape index (κ1) is 13.0. The van der Waals surface area contributed by atoms with Gasteiger partial charge in [-0.05, 0) is 12.8 Å². The standard InChI is InChI=1S/C11H25BO/c1-3-5-7-9-11(12,13)10-8-6-4-2/h13H,3-10,12H2,1-2H3. The Bertz CT molecular complexity index is 101. The summed E-state index contributed by atoms with van der Waals surface area (Å²) in [7, 11) is 1.98. The van der Waals surface area contributed by atoms with Crippen molar-refractivity contribution in [3.63, 3.8) is 0 Å². The van der Waals surface area contributed by atoms with Crippen LogP contribution < -0.4 is 0 Å². The summed E-state index contributed by atoms with van der Waals surface area (Å²) in [5.41, 5.74) is -0.398. The third-order valence-electron chi connectivity index (χ3n) is 2.64. The fraction of sp³-hybridized carbons (Fsp3) is 1.00. The van der Waals surface area contributed by atoms with Crippen molar-refractivity contribution in [3.05, 3.63) is 0 Å². The predicted octanol–water partition coefficient (Wildman–Crippen LogP) is 2.47. The predicted molar refractivity (Wildman–Crippen MR) is 61.8 cm³/mol. The highest BCUT2D eigenvalue weighted by molar-refractivity contribution is 6.14. The highest BCUT2D eigenvalue weighted by atomic mass is 16.3. The van der Waals surface area contributed by atoms with Gasteiger partial charge in [-0.15, -0.1) is 0 Å². The smallest absolute Gasteiger partial charge is 0.142 e. The number of aliphatic hydroxyl groups is 1. The van der Waals surface area contributed by atoms with Gasteiger partial charge >= 0.3 is 0 Å². The lowest BCUT2D eigenvalue weighted by molar-refractivity contribution is 0.102. The molecular formula is C11H25BO. The molecule has 1 nitrogen and oxygen atoms in total. The Balaban J connectivity index is 3.42. The van der Waals surface area contributed by atoms with Gasteiger partial charge in [-0.1, -0.05) is 52.4 Å². The molecule has 0 atom stereocenters. The summed E-state index contributed by atoms with van der Waals surface area (Å²) in [6, 6.07) is 0. The van der Waals surface area contributed by atoms with Crippen LogP contribution in [0.25, 0.3) is 0 Å². The van der Waals surface area contributed by atoms with E-state index in [1.54, 1.807) is 0 Å². The molecule has 0 aromatic carbocycles. The average Bonchev–Trinajstić information content (AvgIpc) is 2.05. The van der Waals surface area contributed by atoms with Crippen molar-refractivity contribution >= 4 is 7.85 Å². The van der Waals surface area contributed by atoms with Gasteiger partial charge in [-0.2, -0.15) is 0 Å². The zero-order valence-corrected chi connectivity index (χ0v) is 9.60. The van der Waals surface area contributed by atoms with Crippen molar-refractivity contribution in [2.24, 2.45) is 0 Å². The fourth-order valence-electron chi connectivity index (χ4n) is 1.64. The van der Waals surface area contributed by atoms with Gasteiger partial charge in [0.1, 0.15) is 7.85 Å². The first-order valence-corrected chi connectivity index (χ1v) is 5.84. The molecule has 0 saturated carbocycles.